The summed E-state index contributed by atoms with van der Waals surface area (Å²) in [5.74, 6) is 0.841. The molecule has 0 aliphatic carbocycles. The third kappa shape index (κ3) is 6.01. The number of imidazole rings is 1. The monoisotopic (exact) mass is 612 g/mol. The van der Waals surface area contributed by atoms with Gasteiger partial charge in [-0.05, 0) is 88.8 Å². The molecule has 4 heterocycles. The molecule has 0 atom stereocenters. The van der Waals surface area contributed by atoms with Crippen LogP contribution in [0.4, 0.5) is 11.6 Å². The molecule has 44 heavy (non-hydrogen) atoms. The van der Waals surface area contributed by atoms with Gasteiger partial charge in [0.2, 0.25) is 16.0 Å². The zero-order valence-corrected chi connectivity index (χ0v) is 25.9. The van der Waals surface area contributed by atoms with Gasteiger partial charge in [-0.2, -0.15) is 4.98 Å². The molecule has 1 fully saturated rings. The smallest absolute Gasteiger partial charge is 0.266 e. The van der Waals surface area contributed by atoms with Gasteiger partial charge in [-0.1, -0.05) is 30.3 Å². The van der Waals surface area contributed by atoms with Gasteiger partial charge in [-0.3, -0.25) is 9.36 Å². The summed E-state index contributed by atoms with van der Waals surface area (Å²) in [4.78, 5) is 29.7. The topological polar surface area (TPSA) is 127 Å². The van der Waals surface area contributed by atoms with Gasteiger partial charge in [-0.15, -0.1) is 0 Å². The molecule has 2 aromatic carbocycles. The van der Waals surface area contributed by atoms with Gasteiger partial charge in [-0.25, -0.2) is 22.4 Å². The molecule has 5 aromatic rings. The summed E-state index contributed by atoms with van der Waals surface area (Å²) in [7, 11) is -0.0333. The number of pyridine rings is 1. The summed E-state index contributed by atoms with van der Waals surface area (Å²) in [6, 6.07) is 19.3. The highest BCUT2D eigenvalue weighted by molar-refractivity contribution is 7.89. The Morgan fingerprint density at radius 2 is 1.75 bits per heavy atom. The first kappa shape index (κ1) is 29.7. The van der Waals surface area contributed by atoms with Crippen LogP contribution in [0.5, 0.6) is 0 Å². The van der Waals surface area contributed by atoms with Crippen molar-refractivity contribution in [2.75, 3.05) is 44.8 Å². The number of hydrogen-bond donors (Lipinski definition) is 2. The van der Waals surface area contributed by atoms with Crippen molar-refractivity contribution < 1.29 is 8.42 Å². The Morgan fingerprint density at radius 3 is 2.45 bits per heavy atom. The minimum atomic E-state index is -3.67. The summed E-state index contributed by atoms with van der Waals surface area (Å²) < 4.78 is 28.8. The second-order valence-electron chi connectivity index (χ2n) is 11.4. The number of hydrogen-bond acceptors (Lipinski definition) is 9. The van der Waals surface area contributed by atoms with E-state index in [2.05, 4.69) is 32.7 Å². The van der Waals surface area contributed by atoms with Gasteiger partial charge < -0.3 is 15.5 Å². The number of anilines is 2. The first-order valence-corrected chi connectivity index (χ1v) is 16.3. The van der Waals surface area contributed by atoms with Crippen LogP contribution >= 0.6 is 0 Å². The Kier molecular flexibility index (Phi) is 8.30. The lowest BCUT2D eigenvalue weighted by Crippen LogP contribution is -2.26. The van der Waals surface area contributed by atoms with Crippen molar-refractivity contribution in [3.63, 3.8) is 0 Å². The summed E-state index contributed by atoms with van der Waals surface area (Å²) in [5, 5.41) is 7.30. The van der Waals surface area contributed by atoms with Crippen LogP contribution in [0.15, 0.2) is 78.0 Å². The van der Waals surface area contributed by atoms with Crippen molar-refractivity contribution in [3.8, 4) is 16.9 Å². The maximum atomic E-state index is 14.1. The zero-order valence-electron chi connectivity index (χ0n) is 25.1. The number of fused-ring (bicyclic) bond motifs is 1. The van der Waals surface area contributed by atoms with E-state index in [1.54, 1.807) is 24.1 Å². The van der Waals surface area contributed by atoms with E-state index in [0.717, 1.165) is 35.6 Å². The molecular formula is C32H36N8O3S. The van der Waals surface area contributed by atoms with Gasteiger partial charge in [0, 0.05) is 23.8 Å². The maximum absolute atomic E-state index is 14.1. The fourth-order valence-electron chi connectivity index (χ4n) is 5.60. The minimum Gasteiger partial charge on any atom is -0.324 e. The third-order valence-electron chi connectivity index (χ3n) is 8.05. The molecule has 0 unspecified atom stereocenters. The molecular weight excluding hydrogens is 576 g/mol. The molecule has 0 amide bonds. The maximum Gasteiger partial charge on any atom is 0.266 e. The molecule has 11 nitrogen and oxygen atoms in total. The third-order valence-corrected chi connectivity index (χ3v) is 9.72. The standard InChI is InChI=1S/C32H36N8O3S/c1-22-29(35-21-39(22)44(42,43)18-17-38(2)3)28-19-25-20-34-32(37-30(25)40(31(28)41)27-7-5-4-6-8-27)36-26-11-9-23(10-12-26)24-13-15-33-16-14-24/h4-12,19-21,24,33H,13-18H2,1-3H3,(H,34,36,37). The lowest BCUT2D eigenvalue weighted by atomic mass is 9.90. The van der Waals surface area contributed by atoms with Crippen LogP contribution in [0.25, 0.3) is 28.0 Å². The van der Waals surface area contributed by atoms with E-state index in [1.807, 2.05) is 56.6 Å². The molecule has 3 aromatic heterocycles. The molecule has 1 saturated heterocycles. The van der Waals surface area contributed by atoms with Crippen molar-refractivity contribution in [2.45, 2.75) is 25.7 Å². The summed E-state index contributed by atoms with van der Waals surface area (Å²) in [6.07, 6.45) is 5.19. The Bertz CT molecular complexity index is 1950. The van der Waals surface area contributed by atoms with Crippen LogP contribution in [-0.4, -0.2) is 76.3 Å². The van der Waals surface area contributed by atoms with E-state index in [4.69, 9.17) is 4.98 Å². The SMILES string of the molecule is Cc1c(-c2cc3cnc(Nc4ccc(C5CCNCC5)cc4)nc3n(-c3ccccc3)c2=O)ncn1S(=O)(=O)CCN(C)C. The van der Waals surface area contributed by atoms with Gasteiger partial charge >= 0.3 is 0 Å². The summed E-state index contributed by atoms with van der Waals surface area (Å²) >= 11 is 0. The molecule has 0 spiro atoms. The molecule has 0 saturated carbocycles. The number of para-hydroxylation sites is 1. The number of aromatic nitrogens is 5. The molecule has 228 valence electrons. The highest BCUT2D eigenvalue weighted by Gasteiger charge is 2.23. The Balaban J connectivity index is 1.39. The highest BCUT2D eigenvalue weighted by atomic mass is 32.2. The van der Waals surface area contributed by atoms with Gasteiger partial charge in [0.15, 0.2) is 5.65 Å². The van der Waals surface area contributed by atoms with Crippen LogP contribution in [-0.2, 0) is 10.0 Å². The number of benzene rings is 2. The van der Waals surface area contributed by atoms with Crippen molar-refractivity contribution in [2.24, 2.45) is 0 Å². The molecule has 2 N–H and O–H groups in total. The van der Waals surface area contributed by atoms with E-state index in [0.29, 0.717) is 46.5 Å². The van der Waals surface area contributed by atoms with Crippen LogP contribution < -0.4 is 16.2 Å². The predicted molar refractivity (Wildman–Crippen MR) is 173 cm³/mol. The lowest BCUT2D eigenvalue weighted by Gasteiger charge is -2.23. The minimum absolute atomic E-state index is 0.0764. The molecule has 0 radical (unpaired) electrons. The fraction of sp³-hybridized carbons (Fsp3) is 0.312. The zero-order chi connectivity index (χ0) is 30.8. The molecule has 12 heteroatoms. The van der Waals surface area contributed by atoms with E-state index < -0.39 is 10.0 Å². The summed E-state index contributed by atoms with van der Waals surface area (Å²) in [5.41, 5.74) is 3.78. The normalized spacial score (nSPS) is 14.4. The Hall–Kier alpha value is -4.39. The average molecular weight is 613 g/mol. The van der Waals surface area contributed by atoms with Gasteiger partial charge in [0.05, 0.1) is 28.4 Å². The Labute approximate surface area is 256 Å². The highest BCUT2D eigenvalue weighted by Crippen LogP contribution is 2.28. The van der Waals surface area contributed by atoms with Gasteiger partial charge in [0.1, 0.15) is 6.33 Å². The number of piperidine rings is 1. The van der Waals surface area contributed by atoms with Crippen LogP contribution in [0.2, 0.25) is 0 Å². The molecule has 1 aliphatic heterocycles. The number of rotatable bonds is 9. The average Bonchev–Trinajstić information content (AvgIpc) is 3.43. The van der Waals surface area contributed by atoms with E-state index in [1.165, 1.54) is 16.5 Å². The predicted octanol–water partition coefficient (Wildman–Crippen LogP) is 3.90. The quantitative estimate of drug-likeness (QED) is 0.255. The van der Waals surface area contributed by atoms with Crippen LogP contribution in [0, 0.1) is 6.92 Å². The fourth-order valence-corrected chi connectivity index (χ4v) is 7.09. The molecule has 6 rings (SSSR count). The van der Waals surface area contributed by atoms with Crippen LogP contribution in [0.1, 0.15) is 30.0 Å². The van der Waals surface area contributed by atoms with E-state index in [-0.39, 0.29) is 16.9 Å². The first-order chi connectivity index (χ1) is 21.2. The van der Waals surface area contributed by atoms with Crippen molar-refractivity contribution >= 4 is 32.7 Å². The first-order valence-electron chi connectivity index (χ1n) is 14.7. The lowest BCUT2D eigenvalue weighted by molar-refractivity contribution is 0.431. The Morgan fingerprint density at radius 1 is 1.02 bits per heavy atom. The number of nitrogens with one attached hydrogen (secondary N) is 2. The molecule has 0 bridgehead atoms. The van der Waals surface area contributed by atoms with Gasteiger partial charge in [0.25, 0.3) is 5.56 Å². The van der Waals surface area contributed by atoms with Crippen LogP contribution in [0.3, 0.4) is 0 Å². The largest absolute Gasteiger partial charge is 0.324 e. The number of nitrogens with zero attached hydrogens (tertiary/aromatic N) is 6. The van der Waals surface area contributed by atoms with Crippen molar-refractivity contribution in [1.82, 2.24) is 33.7 Å². The van der Waals surface area contributed by atoms with E-state index >= 15 is 0 Å². The van der Waals surface area contributed by atoms with Crippen molar-refractivity contribution in [3.05, 3.63) is 94.8 Å². The second kappa shape index (κ2) is 12.3. The van der Waals surface area contributed by atoms with E-state index in [9.17, 15) is 13.2 Å². The van der Waals surface area contributed by atoms with Crippen molar-refractivity contribution in [1.29, 1.82) is 0 Å². The molecule has 1 aliphatic rings. The second-order valence-corrected chi connectivity index (χ2v) is 13.3. The summed E-state index contributed by atoms with van der Waals surface area (Å²) in [6.45, 7) is 4.10.